The molecule has 1 atom stereocenters. The third kappa shape index (κ3) is 3.83. The Morgan fingerprint density at radius 2 is 1.87 bits per heavy atom. The van der Waals surface area contributed by atoms with Crippen molar-refractivity contribution in [3.63, 3.8) is 0 Å². The number of aryl methyl sites for hydroxylation is 1. The Morgan fingerprint density at radius 3 is 2.57 bits per heavy atom. The van der Waals surface area contributed by atoms with Crippen LogP contribution in [0.2, 0.25) is 0 Å². The predicted octanol–water partition coefficient (Wildman–Crippen LogP) is 4.91. The highest BCUT2D eigenvalue weighted by molar-refractivity contribution is 7.15. The van der Waals surface area contributed by atoms with Crippen LogP contribution in [-0.4, -0.2) is 24.2 Å². The van der Waals surface area contributed by atoms with Crippen molar-refractivity contribution in [2.75, 3.05) is 19.5 Å². The van der Waals surface area contributed by atoms with Crippen molar-refractivity contribution in [2.24, 2.45) is 5.73 Å². The highest BCUT2D eigenvalue weighted by atomic mass is 32.1. The largest absolute Gasteiger partial charge is 0.493 e. The molecular weight excluding hydrogens is 400 g/mol. The van der Waals surface area contributed by atoms with Gasteiger partial charge in [0.25, 0.3) is 0 Å². The molecule has 8 heteroatoms. The van der Waals surface area contributed by atoms with E-state index in [1.54, 1.807) is 25.6 Å². The molecule has 0 amide bonds. The summed E-state index contributed by atoms with van der Waals surface area (Å²) in [6, 6.07) is 11.8. The van der Waals surface area contributed by atoms with E-state index in [0.717, 1.165) is 33.1 Å². The van der Waals surface area contributed by atoms with Crippen LogP contribution < -0.4 is 20.5 Å². The number of ether oxygens (including phenoxy) is 2. The third-order valence-corrected chi connectivity index (χ3v) is 6.11. The average molecular weight is 425 g/mol. The second-order valence-electron chi connectivity index (χ2n) is 6.88. The molecule has 0 fully saturated rings. The Hall–Kier alpha value is -3.10. The summed E-state index contributed by atoms with van der Waals surface area (Å²) in [5.41, 5.74) is 6.45. The van der Waals surface area contributed by atoms with Crippen molar-refractivity contribution in [2.45, 2.75) is 26.4 Å². The second kappa shape index (κ2) is 8.33. The van der Waals surface area contributed by atoms with Gasteiger partial charge in [-0.15, -0.1) is 11.3 Å². The Labute approximate surface area is 178 Å². The lowest BCUT2D eigenvalue weighted by molar-refractivity contribution is 0.356. The molecule has 0 bridgehead atoms. The number of nitrogens with two attached hydrogens (primary N) is 1. The lowest BCUT2D eigenvalue weighted by Gasteiger charge is -2.16. The van der Waals surface area contributed by atoms with Gasteiger partial charge in [-0.3, -0.25) is 0 Å². The average Bonchev–Trinajstić information content (AvgIpc) is 3.42. The van der Waals surface area contributed by atoms with E-state index in [1.165, 1.54) is 4.88 Å². The first-order valence-electron chi connectivity index (χ1n) is 9.58. The molecule has 1 unspecified atom stereocenters. The van der Waals surface area contributed by atoms with Gasteiger partial charge < -0.3 is 24.9 Å². The van der Waals surface area contributed by atoms with Crippen LogP contribution in [0, 0.1) is 6.92 Å². The molecule has 4 rings (SSSR count). The van der Waals surface area contributed by atoms with Gasteiger partial charge in [0, 0.05) is 16.3 Å². The van der Waals surface area contributed by atoms with E-state index >= 15 is 0 Å². The minimum Gasteiger partial charge on any atom is -0.493 e. The summed E-state index contributed by atoms with van der Waals surface area (Å²) in [6.07, 6.45) is 0. The van der Waals surface area contributed by atoms with E-state index in [0.29, 0.717) is 23.9 Å². The first-order chi connectivity index (χ1) is 14.5. The number of fused-ring (bicyclic) bond motifs is 1. The minimum absolute atomic E-state index is 0.0401. The first kappa shape index (κ1) is 20.2. The van der Waals surface area contributed by atoms with Gasteiger partial charge in [-0.2, -0.15) is 0 Å². The van der Waals surface area contributed by atoms with Crippen LogP contribution in [-0.2, 0) is 6.54 Å². The lowest BCUT2D eigenvalue weighted by Crippen LogP contribution is -2.08. The Balaban J connectivity index is 1.65. The van der Waals surface area contributed by atoms with Gasteiger partial charge in [0.05, 0.1) is 37.2 Å². The molecule has 7 nitrogen and oxygen atoms in total. The van der Waals surface area contributed by atoms with Gasteiger partial charge in [-0.05, 0) is 44.2 Å². The molecule has 0 saturated heterocycles. The molecule has 3 N–H and O–H groups in total. The number of furan rings is 1. The number of hydrogen-bond donors (Lipinski definition) is 2. The molecular formula is C22H24N4O3S. The lowest BCUT2D eigenvalue weighted by atomic mass is 10.2. The van der Waals surface area contributed by atoms with E-state index in [-0.39, 0.29) is 6.04 Å². The normalized spacial score (nSPS) is 12.2. The van der Waals surface area contributed by atoms with Gasteiger partial charge in [0.1, 0.15) is 23.2 Å². The number of rotatable bonds is 7. The SMILES string of the molecule is COc1cc2nc(C)nc(NC(C)c3ccc(-c4ccc(CN)o4)s3)c2cc1OC. The second-order valence-corrected chi connectivity index (χ2v) is 8.00. The molecule has 0 aliphatic rings. The van der Waals surface area contributed by atoms with Crippen LogP contribution >= 0.6 is 11.3 Å². The molecule has 156 valence electrons. The van der Waals surface area contributed by atoms with Crippen molar-refractivity contribution >= 4 is 28.1 Å². The summed E-state index contributed by atoms with van der Waals surface area (Å²) in [5.74, 6) is 4.32. The van der Waals surface area contributed by atoms with E-state index in [2.05, 4.69) is 34.3 Å². The molecule has 0 radical (unpaired) electrons. The van der Waals surface area contributed by atoms with Gasteiger partial charge in [0.2, 0.25) is 0 Å². The number of aromatic nitrogens is 2. The molecule has 0 spiro atoms. The smallest absolute Gasteiger partial charge is 0.162 e. The molecule has 0 aliphatic carbocycles. The predicted molar refractivity (Wildman–Crippen MR) is 119 cm³/mol. The summed E-state index contributed by atoms with van der Waals surface area (Å²) >= 11 is 1.68. The van der Waals surface area contributed by atoms with Crippen LogP contribution in [0.15, 0.2) is 40.8 Å². The van der Waals surface area contributed by atoms with Crippen LogP contribution in [0.3, 0.4) is 0 Å². The van der Waals surface area contributed by atoms with Crippen molar-refractivity contribution in [1.82, 2.24) is 9.97 Å². The van der Waals surface area contributed by atoms with Gasteiger partial charge in [0.15, 0.2) is 11.5 Å². The zero-order chi connectivity index (χ0) is 21.3. The molecule has 1 aromatic carbocycles. The standard InChI is InChI=1S/C22H24N4O3S/c1-12(20-7-8-21(30-20)17-6-5-14(11-23)29-17)24-22-15-9-18(27-3)19(28-4)10-16(15)25-13(2)26-22/h5-10,12H,11,23H2,1-4H3,(H,24,25,26). The van der Waals surface area contributed by atoms with Gasteiger partial charge in [-0.1, -0.05) is 0 Å². The van der Waals surface area contributed by atoms with Crippen molar-refractivity contribution in [1.29, 1.82) is 0 Å². The summed E-state index contributed by atoms with van der Waals surface area (Å²) in [5, 5.41) is 4.40. The number of thiophene rings is 1. The zero-order valence-corrected chi connectivity index (χ0v) is 18.2. The Kier molecular flexibility index (Phi) is 5.61. The van der Waals surface area contributed by atoms with E-state index < -0.39 is 0 Å². The summed E-state index contributed by atoms with van der Waals surface area (Å²) in [7, 11) is 3.23. The number of methoxy groups -OCH3 is 2. The Morgan fingerprint density at radius 1 is 1.10 bits per heavy atom. The van der Waals surface area contributed by atoms with Crippen LogP contribution in [0.1, 0.15) is 29.4 Å². The highest BCUT2D eigenvalue weighted by Crippen LogP contribution is 2.37. The van der Waals surface area contributed by atoms with Gasteiger partial charge >= 0.3 is 0 Å². The number of nitrogens with zero attached hydrogens (tertiary/aromatic N) is 2. The first-order valence-corrected chi connectivity index (χ1v) is 10.4. The molecule has 30 heavy (non-hydrogen) atoms. The molecule has 0 aliphatic heterocycles. The van der Waals surface area contributed by atoms with E-state index in [9.17, 15) is 0 Å². The Bertz CT molecular complexity index is 1180. The maximum atomic E-state index is 5.77. The van der Waals surface area contributed by atoms with Crippen LogP contribution in [0.25, 0.3) is 21.5 Å². The summed E-state index contributed by atoms with van der Waals surface area (Å²) < 4.78 is 16.6. The topological polar surface area (TPSA) is 95.4 Å². The quantitative estimate of drug-likeness (QED) is 0.435. The number of benzene rings is 1. The van der Waals surface area contributed by atoms with Crippen molar-refractivity contribution in [3.05, 3.63) is 52.9 Å². The maximum Gasteiger partial charge on any atom is 0.162 e. The maximum absolute atomic E-state index is 5.77. The molecule has 0 saturated carbocycles. The fourth-order valence-corrected chi connectivity index (χ4v) is 4.27. The van der Waals surface area contributed by atoms with Crippen LogP contribution in [0.4, 0.5) is 5.82 Å². The number of hydrogen-bond acceptors (Lipinski definition) is 8. The van der Waals surface area contributed by atoms with E-state index in [4.69, 9.17) is 19.6 Å². The van der Waals surface area contributed by atoms with Gasteiger partial charge in [-0.25, -0.2) is 9.97 Å². The molecule has 4 aromatic rings. The number of nitrogens with one attached hydrogen (secondary N) is 1. The minimum atomic E-state index is 0.0401. The van der Waals surface area contributed by atoms with Crippen LogP contribution in [0.5, 0.6) is 11.5 Å². The number of anilines is 1. The fourth-order valence-electron chi connectivity index (χ4n) is 3.30. The molecule has 3 heterocycles. The van der Waals surface area contributed by atoms with Crippen molar-refractivity contribution < 1.29 is 13.9 Å². The summed E-state index contributed by atoms with van der Waals surface area (Å²) in [6.45, 7) is 4.37. The van der Waals surface area contributed by atoms with E-state index in [1.807, 2.05) is 31.2 Å². The monoisotopic (exact) mass is 424 g/mol. The fraction of sp³-hybridized carbons (Fsp3) is 0.273. The summed E-state index contributed by atoms with van der Waals surface area (Å²) in [4.78, 5) is 11.4. The highest BCUT2D eigenvalue weighted by Gasteiger charge is 2.16. The third-order valence-electron chi connectivity index (χ3n) is 4.83. The molecule has 3 aromatic heterocycles. The zero-order valence-electron chi connectivity index (χ0n) is 17.4. The van der Waals surface area contributed by atoms with Crippen molar-refractivity contribution in [3.8, 4) is 22.1 Å².